The first-order valence-corrected chi connectivity index (χ1v) is 6.87. The predicted molar refractivity (Wildman–Crippen MR) is 63.3 cm³/mol. The lowest BCUT2D eigenvalue weighted by Crippen LogP contribution is -2.31. The Morgan fingerprint density at radius 2 is 1.94 bits per heavy atom. The van der Waals surface area contributed by atoms with Crippen LogP contribution in [0.3, 0.4) is 0 Å². The van der Waals surface area contributed by atoms with Crippen molar-refractivity contribution in [3.05, 3.63) is 10.0 Å². The van der Waals surface area contributed by atoms with E-state index in [0.717, 1.165) is 6.42 Å². The number of nitrogens with zero attached hydrogens (tertiary/aromatic N) is 2. The lowest BCUT2D eigenvalue weighted by atomic mass is 9.79. The molecule has 1 saturated carbocycles. The molecule has 1 heterocycles. The lowest BCUT2D eigenvalue weighted by molar-refractivity contribution is -0.187. The minimum atomic E-state index is -4.15. The smallest absolute Gasteiger partial charge is 0.322 e. The fourth-order valence-corrected chi connectivity index (χ4v) is 3.40. The van der Waals surface area contributed by atoms with Crippen LogP contribution in [0.15, 0.2) is 0 Å². The molecular formula is C11H16F3N3S. The van der Waals surface area contributed by atoms with Crippen molar-refractivity contribution >= 4 is 11.3 Å². The number of hydrogen-bond acceptors (Lipinski definition) is 4. The molecule has 0 amide bonds. The van der Waals surface area contributed by atoms with Gasteiger partial charge in [0, 0.05) is 5.92 Å². The highest BCUT2D eigenvalue weighted by Crippen LogP contribution is 2.47. The average Bonchev–Trinajstić information content (AvgIpc) is 2.77. The van der Waals surface area contributed by atoms with Crippen LogP contribution in [0.5, 0.6) is 0 Å². The summed E-state index contributed by atoms with van der Waals surface area (Å²) in [7, 11) is 0. The molecule has 2 rings (SSSR count). The second kappa shape index (κ2) is 5.13. The van der Waals surface area contributed by atoms with Crippen LogP contribution in [0.2, 0.25) is 0 Å². The first-order valence-electron chi connectivity index (χ1n) is 6.05. The Morgan fingerprint density at radius 1 is 1.28 bits per heavy atom. The van der Waals surface area contributed by atoms with Crippen molar-refractivity contribution in [3.8, 4) is 0 Å². The molecule has 102 valence electrons. The molecule has 0 aliphatic heterocycles. The predicted octanol–water partition coefficient (Wildman–Crippen LogP) is 3.39. The van der Waals surface area contributed by atoms with Gasteiger partial charge in [-0.2, -0.15) is 13.2 Å². The molecule has 1 aliphatic rings. The molecule has 0 bridgehead atoms. The van der Waals surface area contributed by atoms with Crippen LogP contribution >= 0.6 is 11.3 Å². The molecule has 1 aliphatic carbocycles. The highest BCUT2D eigenvalue weighted by atomic mass is 32.1. The zero-order valence-corrected chi connectivity index (χ0v) is 10.9. The van der Waals surface area contributed by atoms with Crippen molar-refractivity contribution < 1.29 is 13.2 Å². The third kappa shape index (κ3) is 2.83. The second-order valence-electron chi connectivity index (χ2n) is 4.81. The number of nitrogens with two attached hydrogens (primary N) is 1. The number of hydrogen-bond donors (Lipinski definition) is 1. The van der Waals surface area contributed by atoms with Crippen LogP contribution in [0.1, 0.15) is 54.6 Å². The number of aromatic nitrogens is 2. The number of halogens is 3. The molecule has 0 saturated heterocycles. The first kappa shape index (κ1) is 13.7. The van der Waals surface area contributed by atoms with Crippen molar-refractivity contribution in [2.45, 2.75) is 50.7 Å². The minimum absolute atomic E-state index is 0.196. The van der Waals surface area contributed by atoms with E-state index in [-0.39, 0.29) is 12.5 Å². The molecule has 0 radical (unpaired) electrons. The summed E-state index contributed by atoms with van der Waals surface area (Å²) in [6.45, 7) is 1.76. The van der Waals surface area contributed by atoms with Crippen molar-refractivity contribution in [2.24, 2.45) is 11.7 Å². The van der Waals surface area contributed by atoms with E-state index in [1.54, 1.807) is 6.92 Å². The molecule has 7 heteroatoms. The lowest BCUT2D eigenvalue weighted by Gasteiger charge is -2.31. The van der Waals surface area contributed by atoms with Gasteiger partial charge in [0.2, 0.25) is 0 Å². The van der Waals surface area contributed by atoms with E-state index < -0.39 is 18.0 Å². The van der Waals surface area contributed by atoms with E-state index >= 15 is 0 Å². The van der Waals surface area contributed by atoms with Gasteiger partial charge in [-0.25, -0.2) is 0 Å². The molecule has 3 nitrogen and oxygen atoms in total. The maximum atomic E-state index is 13.0. The topological polar surface area (TPSA) is 51.8 Å². The summed E-state index contributed by atoms with van der Waals surface area (Å²) in [4.78, 5) is 0. The van der Waals surface area contributed by atoms with E-state index in [2.05, 4.69) is 10.2 Å². The first-order chi connectivity index (χ1) is 8.39. The van der Waals surface area contributed by atoms with Crippen LogP contribution in [0.25, 0.3) is 0 Å². The minimum Gasteiger partial charge on any atom is -0.322 e. The molecule has 3 unspecified atom stereocenters. The van der Waals surface area contributed by atoms with Gasteiger partial charge in [0.1, 0.15) is 10.0 Å². The van der Waals surface area contributed by atoms with E-state index in [1.807, 2.05) is 0 Å². The summed E-state index contributed by atoms with van der Waals surface area (Å²) in [6, 6.07) is -0.274. The highest BCUT2D eigenvalue weighted by Gasteiger charge is 2.47. The normalized spacial score (nSPS) is 27.2. The fourth-order valence-electron chi connectivity index (χ4n) is 2.40. The molecule has 1 fully saturated rings. The van der Waals surface area contributed by atoms with Gasteiger partial charge in [-0.3, -0.25) is 0 Å². The maximum Gasteiger partial charge on any atom is 0.392 e. The summed E-state index contributed by atoms with van der Waals surface area (Å²) in [5.74, 6) is -1.82. The fraction of sp³-hybridized carbons (Fsp3) is 0.818. The van der Waals surface area contributed by atoms with E-state index in [1.165, 1.54) is 11.3 Å². The summed E-state index contributed by atoms with van der Waals surface area (Å²) in [5.41, 5.74) is 5.66. The molecular weight excluding hydrogens is 263 g/mol. The molecule has 3 atom stereocenters. The van der Waals surface area contributed by atoms with Crippen LogP contribution < -0.4 is 5.73 Å². The zero-order chi connectivity index (χ0) is 13.3. The van der Waals surface area contributed by atoms with Crippen molar-refractivity contribution in [1.82, 2.24) is 10.2 Å². The SMILES string of the molecule is CC(N)c1nnc(C2CCCCC2C(F)(F)F)s1. The largest absolute Gasteiger partial charge is 0.392 e. The second-order valence-corrected chi connectivity index (χ2v) is 5.85. The number of rotatable bonds is 2. The summed E-state index contributed by atoms with van der Waals surface area (Å²) in [6.07, 6.45) is -1.95. The third-order valence-corrected chi connectivity index (χ3v) is 4.61. The van der Waals surface area contributed by atoms with Gasteiger partial charge >= 0.3 is 6.18 Å². The van der Waals surface area contributed by atoms with E-state index in [9.17, 15) is 13.2 Å². The Kier molecular flexibility index (Phi) is 3.91. The number of alkyl halides is 3. The zero-order valence-electron chi connectivity index (χ0n) is 10.1. The van der Waals surface area contributed by atoms with Crippen LogP contribution in [0.4, 0.5) is 13.2 Å². The van der Waals surface area contributed by atoms with Crippen molar-refractivity contribution in [1.29, 1.82) is 0 Å². The molecule has 1 aromatic heterocycles. The molecule has 1 aromatic rings. The summed E-state index contributed by atoms with van der Waals surface area (Å²) in [5, 5.41) is 8.89. The van der Waals surface area contributed by atoms with Gasteiger partial charge in [0.15, 0.2) is 0 Å². The summed E-state index contributed by atoms with van der Waals surface area (Å²) >= 11 is 1.22. The van der Waals surface area contributed by atoms with Gasteiger partial charge in [-0.15, -0.1) is 10.2 Å². The van der Waals surface area contributed by atoms with Crippen LogP contribution in [0, 0.1) is 5.92 Å². The molecule has 2 N–H and O–H groups in total. The Labute approximate surface area is 108 Å². The Hall–Kier alpha value is -0.690. The summed E-state index contributed by atoms with van der Waals surface area (Å²) < 4.78 is 38.9. The standard InChI is InChI=1S/C11H16F3N3S/c1-6(15)9-16-17-10(18-9)7-4-2-3-5-8(7)11(12,13)14/h6-8H,2-5,15H2,1H3. The quantitative estimate of drug-likeness (QED) is 0.902. The van der Waals surface area contributed by atoms with E-state index in [4.69, 9.17) is 5.73 Å². The van der Waals surface area contributed by atoms with Gasteiger partial charge in [-0.1, -0.05) is 24.2 Å². The van der Waals surface area contributed by atoms with Crippen molar-refractivity contribution in [3.63, 3.8) is 0 Å². The molecule has 0 aromatic carbocycles. The van der Waals surface area contributed by atoms with Gasteiger partial charge in [0.25, 0.3) is 0 Å². The van der Waals surface area contributed by atoms with Gasteiger partial charge in [-0.05, 0) is 19.8 Å². The van der Waals surface area contributed by atoms with Gasteiger partial charge in [0.05, 0.1) is 12.0 Å². The van der Waals surface area contributed by atoms with Crippen LogP contribution in [-0.4, -0.2) is 16.4 Å². The maximum absolute atomic E-state index is 13.0. The Balaban J connectivity index is 2.22. The molecule has 18 heavy (non-hydrogen) atoms. The molecule has 0 spiro atoms. The van der Waals surface area contributed by atoms with Gasteiger partial charge < -0.3 is 5.73 Å². The monoisotopic (exact) mass is 279 g/mol. The van der Waals surface area contributed by atoms with Crippen LogP contribution in [-0.2, 0) is 0 Å². The Bertz CT molecular complexity index is 402. The highest BCUT2D eigenvalue weighted by molar-refractivity contribution is 7.11. The third-order valence-electron chi connectivity index (χ3n) is 3.35. The Morgan fingerprint density at radius 3 is 2.50 bits per heavy atom. The average molecular weight is 279 g/mol. The van der Waals surface area contributed by atoms with Crippen molar-refractivity contribution in [2.75, 3.05) is 0 Å². The van der Waals surface area contributed by atoms with E-state index in [0.29, 0.717) is 22.9 Å².